The molecule has 0 unspecified atom stereocenters. The third-order valence-electron chi connectivity index (χ3n) is 3.27. The first kappa shape index (κ1) is 13.8. The summed E-state index contributed by atoms with van der Waals surface area (Å²) in [5, 5.41) is 3.53. The maximum atomic E-state index is 5.10. The molecule has 1 aliphatic carbocycles. The fraction of sp³-hybridized carbons (Fsp3) is 0.571. The minimum absolute atomic E-state index is 0.749. The first-order chi connectivity index (χ1) is 8.70. The summed E-state index contributed by atoms with van der Waals surface area (Å²) in [6.45, 7) is 2.61. The maximum Gasteiger partial charge on any atom is 0.0637 e. The van der Waals surface area contributed by atoms with Crippen molar-refractivity contribution in [3.63, 3.8) is 0 Å². The Balaban J connectivity index is 1.94. The van der Waals surface area contributed by atoms with Crippen LogP contribution < -0.4 is 10.2 Å². The van der Waals surface area contributed by atoms with Crippen LogP contribution in [0.5, 0.6) is 0 Å². The minimum Gasteiger partial charge on any atom is -0.383 e. The van der Waals surface area contributed by atoms with Gasteiger partial charge in [0.15, 0.2) is 0 Å². The van der Waals surface area contributed by atoms with E-state index in [-0.39, 0.29) is 0 Å². The monoisotopic (exact) mass is 312 g/mol. The summed E-state index contributed by atoms with van der Waals surface area (Å²) in [5.74, 6) is 0. The predicted octanol–water partition coefficient (Wildman–Crippen LogP) is 2.78. The average molecular weight is 313 g/mol. The molecule has 0 amide bonds. The lowest BCUT2D eigenvalue weighted by Gasteiger charge is -2.20. The van der Waals surface area contributed by atoms with Crippen molar-refractivity contribution in [2.45, 2.75) is 25.4 Å². The molecule has 0 heterocycles. The van der Waals surface area contributed by atoms with Crippen LogP contribution in [-0.2, 0) is 11.3 Å². The Morgan fingerprint density at radius 1 is 1.44 bits per heavy atom. The maximum absolute atomic E-state index is 5.10. The number of nitrogens with zero attached hydrogens (tertiary/aromatic N) is 1. The molecular formula is C14H21BrN2O. The summed E-state index contributed by atoms with van der Waals surface area (Å²) >= 11 is 3.66. The van der Waals surface area contributed by atoms with Gasteiger partial charge >= 0.3 is 0 Å². The van der Waals surface area contributed by atoms with Crippen LogP contribution in [0.25, 0.3) is 0 Å². The third kappa shape index (κ3) is 3.97. The number of rotatable bonds is 7. The Morgan fingerprint density at radius 2 is 2.22 bits per heavy atom. The van der Waals surface area contributed by atoms with Gasteiger partial charge in [-0.15, -0.1) is 0 Å². The van der Waals surface area contributed by atoms with Crippen LogP contribution in [0.15, 0.2) is 22.7 Å². The molecule has 100 valence electrons. The number of methoxy groups -OCH3 is 1. The Morgan fingerprint density at radius 3 is 2.83 bits per heavy atom. The number of anilines is 1. The molecule has 2 rings (SSSR count). The Bertz CT molecular complexity index is 393. The van der Waals surface area contributed by atoms with Gasteiger partial charge in [-0.2, -0.15) is 0 Å². The summed E-state index contributed by atoms with van der Waals surface area (Å²) in [6.07, 6.45) is 2.66. The highest BCUT2D eigenvalue weighted by molar-refractivity contribution is 9.10. The van der Waals surface area contributed by atoms with Gasteiger partial charge in [0.1, 0.15) is 0 Å². The largest absolute Gasteiger partial charge is 0.383 e. The second-order valence-corrected chi connectivity index (χ2v) is 5.70. The quantitative estimate of drug-likeness (QED) is 0.838. The van der Waals surface area contributed by atoms with Gasteiger partial charge in [-0.25, -0.2) is 0 Å². The average Bonchev–Trinajstić information content (AvgIpc) is 3.18. The smallest absolute Gasteiger partial charge is 0.0637 e. The molecule has 0 radical (unpaired) electrons. The number of benzene rings is 1. The Hall–Kier alpha value is -0.580. The third-order valence-corrected chi connectivity index (χ3v) is 4.00. The van der Waals surface area contributed by atoms with Gasteiger partial charge in [0.05, 0.1) is 6.61 Å². The van der Waals surface area contributed by atoms with Crippen molar-refractivity contribution in [1.29, 1.82) is 0 Å². The summed E-state index contributed by atoms with van der Waals surface area (Å²) in [7, 11) is 3.82. The van der Waals surface area contributed by atoms with Crippen molar-refractivity contribution in [3.05, 3.63) is 28.2 Å². The Labute approximate surface area is 118 Å². The van der Waals surface area contributed by atoms with E-state index in [9.17, 15) is 0 Å². The van der Waals surface area contributed by atoms with Gasteiger partial charge in [-0.05, 0) is 30.5 Å². The molecule has 1 fully saturated rings. The van der Waals surface area contributed by atoms with Crippen LogP contribution in [-0.4, -0.2) is 33.4 Å². The first-order valence-electron chi connectivity index (χ1n) is 6.42. The highest BCUT2D eigenvalue weighted by atomic mass is 79.9. The van der Waals surface area contributed by atoms with Crippen LogP contribution >= 0.6 is 15.9 Å². The molecule has 0 saturated heterocycles. The molecule has 1 aliphatic rings. The Kier molecular flexibility index (Phi) is 5.03. The van der Waals surface area contributed by atoms with E-state index >= 15 is 0 Å². The van der Waals surface area contributed by atoms with E-state index in [4.69, 9.17) is 4.74 Å². The molecule has 18 heavy (non-hydrogen) atoms. The molecular weight excluding hydrogens is 292 g/mol. The molecule has 0 aromatic heterocycles. The highest BCUT2D eigenvalue weighted by Gasteiger charge is 2.20. The number of hydrogen-bond donors (Lipinski definition) is 1. The second kappa shape index (κ2) is 6.55. The van der Waals surface area contributed by atoms with Gasteiger partial charge in [0.25, 0.3) is 0 Å². The van der Waals surface area contributed by atoms with E-state index in [0.29, 0.717) is 0 Å². The predicted molar refractivity (Wildman–Crippen MR) is 79.1 cm³/mol. The molecule has 4 heteroatoms. The van der Waals surface area contributed by atoms with Crippen molar-refractivity contribution in [2.24, 2.45) is 0 Å². The lowest BCUT2D eigenvalue weighted by Crippen LogP contribution is -2.22. The van der Waals surface area contributed by atoms with Crippen molar-refractivity contribution in [3.8, 4) is 0 Å². The number of ether oxygens (including phenoxy) is 1. The van der Waals surface area contributed by atoms with E-state index in [1.807, 2.05) is 0 Å². The first-order valence-corrected chi connectivity index (χ1v) is 7.22. The second-order valence-electron chi connectivity index (χ2n) is 4.85. The van der Waals surface area contributed by atoms with E-state index < -0.39 is 0 Å². The van der Waals surface area contributed by atoms with Crippen molar-refractivity contribution < 1.29 is 4.74 Å². The molecule has 0 atom stereocenters. The number of likely N-dealkylation sites (N-methyl/N-ethyl adjacent to an activating group) is 1. The van der Waals surface area contributed by atoms with Crippen LogP contribution in [0.2, 0.25) is 0 Å². The lowest BCUT2D eigenvalue weighted by molar-refractivity contribution is 0.206. The topological polar surface area (TPSA) is 24.5 Å². The summed E-state index contributed by atoms with van der Waals surface area (Å²) in [4.78, 5) is 2.20. The van der Waals surface area contributed by atoms with E-state index in [0.717, 1.165) is 25.7 Å². The fourth-order valence-electron chi connectivity index (χ4n) is 1.82. The molecule has 0 bridgehead atoms. The van der Waals surface area contributed by atoms with Crippen LogP contribution in [0.1, 0.15) is 18.4 Å². The summed E-state index contributed by atoms with van der Waals surface area (Å²) < 4.78 is 6.27. The molecule has 0 spiro atoms. The van der Waals surface area contributed by atoms with Gasteiger partial charge in [-0.3, -0.25) is 0 Å². The van der Waals surface area contributed by atoms with Gasteiger partial charge in [-0.1, -0.05) is 22.0 Å². The van der Waals surface area contributed by atoms with Crippen molar-refractivity contribution in [2.75, 3.05) is 32.2 Å². The summed E-state index contributed by atoms with van der Waals surface area (Å²) in [5.41, 5.74) is 2.54. The van der Waals surface area contributed by atoms with E-state index in [1.54, 1.807) is 7.11 Å². The zero-order chi connectivity index (χ0) is 13.0. The molecule has 1 aromatic carbocycles. The zero-order valence-corrected chi connectivity index (χ0v) is 12.7. The minimum atomic E-state index is 0.749. The van der Waals surface area contributed by atoms with Crippen LogP contribution in [0, 0.1) is 0 Å². The number of hydrogen-bond acceptors (Lipinski definition) is 3. The molecule has 1 N–H and O–H groups in total. The van der Waals surface area contributed by atoms with Crippen LogP contribution in [0.4, 0.5) is 5.69 Å². The van der Waals surface area contributed by atoms with Gasteiger partial charge < -0.3 is 15.0 Å². The molecule has 1 aromatic rings. The molecule has 0 aliphatic heterocycles. The standard InChI is InChI=1S/C14H21BrN2O/c1-17(7-8-18-2)13-6-3-11(14(15)9-13)10-16-12-4-5-12/h3,6,9,12,16H,4-5,7-8,10H2,1-2H3. The highest BCUT2D eigenvalue weighted by Crippen LogP contribution is 2.25. The zero-order valence-electron chi connectivity index (χ0n) is 11.1. The fourth-order valence-corrected chi connectivity index (χ4v) is 2.32. The molecule has 1 saturated carbocycles. The van der Waals surface area contributed by atoms with Gasteiger partial charge in [0.2, 0.25) is 0 Å². The van der Waals surface area contributed by atoms with Crippen molar-refractivity contribution >= 4 is 21.6 Å². The SMILES string of the molecule is COCCN(C)c1ccc(CNC2CC2)c(Br)c1. The number of halogens is 1. The van der Waals surface area contributed by atoms with E-state index in [1.165, 1.54) is 28.6 Å². The van der Waals surface area contributed by atoms with E-state index in [2.05, 4.69) is 51.4 Å². The normalized spacial score (nSPS) is 14.8. The van der Waals surface area contributed by atoms with Crippen molar-refractivity contribution in [1.82, 2.24) is 5.32 Å². The summed E-state index contributed by atoms with van der Waals surface area (Å²) in [6, 6.07) is 7.29. The van der Waals surface area contributed by atoms with Crippen LogP contribution in [0.3, 0.4) is 0 Å². The lowest BCUT2D eigenvalue weighted by atomic mass is 10.2. The molecule has 3 nitrogen and oxygen atoms in total. The number of nitrogens with one attached hydrogen (secondary N) is 1. The van der Waals surface area contributed by atoms with Gasteiger partial charge in [0, 0.05) is 43.4 Å².